The summed E-state index contributed by atoms with van der Waals surface area (Å²) in [6, 6.07) is 8.84. The SMILES string of the molecule is NC(=O)C(NCc1cccs1)c1ccc2c(c1)OCO2. The van der Waals surface area contributed by atoms with E-state index < -0.39 is 11.9 Å². The summed E-state index contributed by atoms with van der Waals surface area (Å²) >= 11 is 1.63. The first-order valence-corrected chi connectivity index (χ1v) is 7.06. The lowest BCUT2D eigenvalue weighted by molar-refractivity contribution is -0.120. The van der Waals surface area contributed by atoms with Gasteiger partial charge in [0, 0.05) is 11.4 Å². The topological polar surface area (TPSA) is 73.6 Å². The fourth-order valence-electron chi connectivity index (χ4n) is 2.09. The normalized spacial score (nSPS) is 14.2. The molecule has 20 heavy (non-hydrogen) atoms. The molecule has 3 N–H and O–H groups in total. The number of amides is 1. The van der Waals surface area contributed by atoms with Gasteiger partial charge in [-0.3, -0.25) is 10.1 Å². The Morgan fingerprint density at radius 3 is 2.95 bits per heavy atom. The minimum absolute atomic E-state index is 0.211. The van der Waals surface area contributed by atoms with Crippen LogP contribution in [0.25, 0.3) is 0 Å². The van der Waals surface area contributed by atoms with Gasteiger partial charge >= 0.3 is 0 Å². The molecule has 1 amide bonds. The van der Waals surface area contributed by atoms with Crippen molar-refractivity contribution >= 4 is 17.2 Å². The smallest absolute Gasteiger partial charge is 0.239 e. The highest BCUT2D eigenvalue weighted by molar-refractivity contribution is 7.09. The van der Waals surface area contributed by atoms with Gasteiger partial charge in [-0.15, -0.1) is 11.3 Å². The second-order valence-corrected chi connectivity index (χ2v) is 5.44. The molecular weight excluding hydrogens is 276 g/mol. The molecule has 1 aromatic heterocycles. The highest BCUT2D eigenvalue weighted by atomic mass is 32.1. The molecule has 1 aliphatic heterocycles. The first-order chi connectivity index (χ1) is 9.74. The van der Waals surface area contributed by atoms with Crippen LogP contribution in [0.5, 0.6) is 11.5 Å². The largest absolute Gasteiger partial charge is 0.454 e. The fraction of sp³-hybridized carbons (Fsp3) is 0.214. The zero-order valence-corrected chi connectivity index (χ0v) is 11.5. The molecule has 2 heterocycles. The van der Waals surface area contributed by atoms with E-state index in [-0.39, 0.29) is 6.79 Å². The monoisotopic (exact) mass is 290 g/mol. The van der Waals surface area contributed by atoms with Crippen molar-refractivity contribution in [2.75, 3.05) is 6.79 Å². The molecule has 2 aromatic rings. The molecular formula is C14H14N2O3S. The van der Waals surface area contributed by atoms with Gasteiger partial charge in [-0.1, -0.05) is 12.1 Å². The highest BCUT2D eigenvalue weighted by Gasteiger charge is 2.21. The number of fused-ring (bicyclic) bond motifs is 1. The van der Waals surface area contributed by atoms with Gasteiger partial charge in [-0.25, -0.2) is 0 Å². The molecule has 0 saturated carbocycles. The van der Waals surface area contributed by atoms with E-state index in [9.17, 15) is 4.79 Å². The van der Waals surface area contributed by atoms with Gasteiger partial charge in [0.05, 0.1) is 0 Å². The van der Waals surface area contributed by atoms with Gasteiger partial charge in [0.1, 0.15) is 6.04 Å². The molecule has 3 rings (SSSR count). The first kappa shape index (κ1) is 13.0. The van der Waals surface area contributed by atoms with Crippen LogP contribution in [0.3, 0.4) is 0 Å². The number of nitrogens with one attached hydrogen (secondary N) is 1. The molecule has 6 heteroatoms. The van der Waals surface area contributed by atoms with Crippen LogP contribution >= 0.6 is 11.3 Å². The summed E-state index contributed by atoms with van der Waals surface area (Å²) < 4.78 is 10.6. The predicted molar refractivity (Wildman–Crippen MR) is 75.7 cm³/mol. The van der Waals surface area contributed by atoms with Gasteiger partial charge in [0.2, 0.25) is 12.7 Å². The number of benzene rings is 1. The van der Waals surface area contributed by atoms with E-state index in [1.54, 1.807) is 23.5 Å². The molecule has 104 valence electrons. The summed E-state index contributed by atoms with van der Waals surface area (Å²) in [4.78, 5) is 12.8. The fourth-order valence-corrected chi connectivity index (χ4v) is 2.75. The molecule has 0 radical (unpaired) electrons. The number of hydrogen-bond acceptors (Lipinski definition) is 5. The third-order valence-electron chi connectivity index (χ3n) is 3.07. The van der Waals surface area contributed by atoms with Crippen molar-refractivity contribution in [2.45, 2.75) is 12.6 Å². The van der Waals surface area contributed by atoms with Crippen LogP contribution < -0.4 is 20.5 Å². The predicted octanol–water partition coefficient (Wildman–Crippen LogP) is 1.79. The maximum absolute atomic E-state index is 11.7. The van der Waals surface area contributed by atoms with Crippen molar-refractivity contribution < 1.29 is 14.3 Å². The summed E-state index contributed by atoms with van der Waals surface area (Å²) in [6.07, 6.45) is 0. The lowest BCUT2D eigenvalue weighted by atomic mass is 10.1. The van der Waals surface area contributed by atoms with Crippen molar-refractivity contribution in [3.05, 3.63) is 46.2 Å². The summed E-state index contributed by atoms with van der Waals surface area (Å²) in [5, 5.41) is 5.17. The number of hydrogen-bond donors (Lipinski definition) is 2. The number of nitrogens with two attached hydrogens (primary N) is 1. The van der Waals surface area contributed by atoms with Crippen molar-refractivity contribution in [1.82, 2.24) is 5.32 Å². The molecule has 1 unspecified atom stereocenters. The minimum atomic E-state index is -0.549. The zero-order valence-electron chi connectivity index (χ0n) is 10.7. The van der Waals surface area contributed by atoms with Crippen LogP contribution in [0.4, 0.5) is 0 Å². The number of ether oxygens (including phenoxy) is 2. The molecule has 1 aliphatic rings. The Hall–Kier alpha value is -2.05. The zero-order chi connectivity index (χ0) is 13.9. The quantitative estimate of drug-likeness (QED) is 0.880. The summed E-state index contributed by atoms with van der Waals surface area (Å²) in [7, 11) is 0. The van der Waals surface area contributed by atoms with E-state index in [0.29, 0.717) is 18.0 Å². The van der Waals surface area contributed by atoms with Crippen molar-refractivity contribution in [3.63, 3.8) is 0 Å². The standard InChI is InChI=1S/C14H14N2O3S/c15-14(17)13(16-7-10-2-1-5-20-10)9-3-4-11-12(6-9)19-8-18-11/h1-6,13,16H,7-8H2,(H2,15,17). The molecule has 0 bridgehead atoms. The summed E-state index contributed by atoms with van der Waals surface area (Å²) in [5.41, 5.74) is 6.26. The van der Waals surface area contributed by atoms with Gasteiger partial charge in [-0.2, -0.15) is 0 Å². The molecule has 0 aliphatic carbocycles. The summed E-state index contributed by atoms with van der Waals surface area (Å²) in [6.45, 7) is 0.808. The van der Waals surface area contributed by atoms with Gasteiger partial charge in [0.15, 0.2) is 11.5 Å². The average molecular weight is 290 g/mol. The number of carbonyl (C=O) groups excluding carboxylic acids is 1. The molecule has 0 fully saturated rings. The van der Waals surface area contributed by atoms with E-state index in [1.807, 2.05) is 23.6 Å². The first-order valence-electron chi connectivity index (χ1n) is 6.18. The highest BCUT2D eigenvalue weighted by Crippen LogP contribution is 2.34. The van der Waals surface area contributed by atoms with E-state index in [2.05, 4.69) is 5.32 Å². The lowest BCUT2D eigenvalue weighted by Gasteiger charge is -2.15. The van der Waals surface area contributed by atoms with E-state index in [0.717, 1.165) is 10.4 Å². The van der Waals surface area contributed by atoms with E-state index in [1.165, 1.54) is 0 Å². The van der Waals surface area contributed by atoms with E-state index in [4.69, 9.17) is 15.2 Å². The third-order valence-corrected chi connectivity index (χ3v) is 3.95. The second kappa shape index (κ2) is 5.52. The Labute approximate surface area is 120 Å². The maximum Gasteiger partial charge on any atom is 0.239 e. The van der Waals surface area contributed by atoms with E-state index >= 15 is 0 Å². The average Bonchev–Trinajstić information content (AvgIpc) is 3.08. The number of thiophene rings is 1. The Kier molecular flexibility index (Phi) is 3.58. The Bertz CT molecular complexity index is 613. The van der Waals surface area contributed by atoms with Crippen LogP contribution in [0.15, 0.2) is 35.7 Å². The van der Waals surface area contributed by atoms with Crippen LogP contribution in [0.2, 0.25) is 0 Å². The second-order valence-electron chi connectivity index (χ2n) is 4.41. The maximum atomic E-state index is 11.7. The Morgan fingerprint density at radius 1 is 1.35 bits per heavy atom. The number of carbonyl (C=O) groups is 1. The van der Waals surface area contributed by atoms with Crippen LogP contribution in [-0.2, 0) is 11.3 Å². The molecule has 5 nitrogen and oxygen atoms in total. The van der Waals surface area contributed by atoms with Crippen molar-refractivity contribution in [1.29, 1.82) is 0 Å². The number of rotatable bonds is 5. The van der Waals surface area contributed by atoms with Crippen molar-refractivity contribution in [3.8, 4) is 11.5 Å². The van der Waals surface area contributed by atoms with Gasteiger partial charge < -0.3 is 15.2 Å². The Morgan fingerprint density at radius 2 is 2.20 bits per heavy atom. The molecule has 0 saturated heterocycles. The van der Waals surface area contributed by atoms with Crippen molar-refractivity contribution in [2.24, 2.45) is 5.73 Å². The molecule has 1 aromatic carbocycles. The number of primary amides is 1. The molecule has 1 atom stereocenters. The third kappa shape index (κ3) is 2.61. The Balaban J connectivity index is 1.78. The molecule has 0 spiro atoms. The van der Waals surface area contributed by atoms with Gasteiger partial charge in [-0.05, 0) is 29.1 Å². The summed E-state index contributed by atoms with van der Waals surface area (Å²) in [5.74, 6) is 0.919. The van der Waals surface area contributed by atoms with Gasteiger partial charge in [0.25, 0.3) is 0 Å². The lowest BCUT2D eigenvalue weighted by Crippen LogP contribution is -2.33. The van der Waals surface area contributed by atoms with Crippen LogP contribution in [0.1, 0.15) is 16.5 Å². The van der Waals surface area contributed by atoms with Crippen LogP contribution in [0, 0.1) is 0 Å². The van der Waals surface area contributed by atoms with Crippen LogP contribution in [-0.4, -0.2) is 12.7 Å². The minimum Gasteiger partial charge on any atom is -0.454 e.